The van der Waals surface area contributed by atoms with E-state index in [1.54, 1.807) is 0 Å². The summed E-state index contributed by atoms with van der Waals surface area (Å²) in [6.45, 7) is 0. The second-order valence-electron chi connectivity index (χ2n) is 4.66. The molecule has 105 valence electrons. The zero-order valence-electron chi connectivity index (χ0n) is 11.1. The number of carbonyl (C=O) groups is 2. The zero-order chi connectivity index (χ0) is 13.6. The van der Waals surface area contributed by atoms with Crippen LogP contribution in [0.4, 0.5) is 0 Å². The predicted molar refractivity (Wildman–Crippen MR) is 70.4 cm³/mol. The van der Waals surface area contributed by atoms with Gasteiger partial charge in [-0.05, 0) is 12.8 Å². The fraction of sp³-hybridized carbons (Fsp3) is 0.786. The summed E-state index contributed by atoms with van der Waals surface area (Å²) < 4.78 is 0. The molecule has 0 spiro atoms. The Labute approximate surface area is 109 Å². The Morgan fingerprint density at radius 1 is 0.722 bits per heavy atom. The lowest BCUT2D eigenvalue weighted by Crippen LogP contribution is -1.94. The van der Waals surface area contributed by atoms with E-state index in [0.29, 0.717) is 12.8 Å². The van der Waals surface area contributed by atoms with E-state index in [1.807, 2.05) is 0 Å². The third-order valence-corrected chi connectivity index (χ3v) is 2.91. The van der Waals surface area contributed by atoms with Gasteiger partial charge in [0.05, 0.1) is 6.42 Å². The summed E-state index contributed by atoms with van der Waals surface area (Å²) in [5.74, 6) is -1.52. The van der Waals surface area contributed by atoms with Crippen LogP contribution in [0, 0.1) is 6.42 Å². The largest absolute Gasteiger partial charge is 0.481 e. The lowest BCUT2D eigenvalue weighted by molar-refractivity contribution is -0.137. The van der Waals surface area contributed by atoms with Crippen LogP contribution in [0.2, 0.25) is 0 Å². The molecule has 0 rings (SSSR count). The molecule has 0 aromatic heterocycles. The standard InChI is InChI=1S/C14H25O4/c15-13(16)11-9-7-5-3-1-2-4-6-8-10-12-14(17)18/h11H,1-10,12H2,(H,15,16)(H,17,18). The van der Waals surface area contributed by atoms with Crippen molar-refractivity contribution in [3.05, 3.63) is 6.42 Å². The van der Waals surface area contributed by atoms with Crippen LogP contribution in [0.3, 0.4) is 0 Å². The minimum atomic E-state index is -0.823. The van der Waals surface area contributed by atoms with E-state index in [4.69, 9.17) is 10.2 Å². The van der Waals surface area contributed by atoms with Crippen LogP contribution in [0.5, 0.6) is 0 Å². The first kappa shape index (κ1) is 16.9. The van der Waals surface area contributed by atoms with Crippen LogP contribution in [0.15, 0.2) is 0 Å². The fourth-order valence-electron chi connectivity index (χ4n) is 1.88. The van der Waals surface area contributed by atoms with Crippen molar-refractivity contribution >= 4 is 11.9 Å². The molecular weight excluding hydrogens is 232 g/mol. The van der Waals surface area contributed by atoms with Gasteiger partial charge in [0.25, 0.3) is 0 Å². The van der Waals surface area contributed by atoms with Crippen LogP contribution >= 0.6 is 0 Å². The minimum Gasteiger partial charge on any atom is -0.481 e. The fourth-order valence-corrected chi connectivity index (χ4v) is 1.88. The molecule has 0 bridgehead atoms. The highest BCUT2D eigenvalue weighted by molar-refractivity contribution is 5.76. The normalized spacial score (nSPS) is 10.4. The Bertz CT molecular complexity index is 202. The SMILES string of the molecule is O=C(O)[CH]CCCCCCCCCCCC(=O)O. The number of hydrogen-bond acceptors (Lipinski definition) is 2. The van der Waals surface area contributed by atoms with Crippen LogP contribution in [-0.4, -0.2) is 22.2 Å². The molecule has 4 nitrogen and oxygen atoms in total. The molecule has 4 heteroatoms. The average Bonchev–Trinajstić information content (AvgIpc) is 2.29. The molecule has 0 saturated carbocycles. The van der Waals surface area contributed by atoms with Gasteiger partial charge >= 0.3 is 11.9 Å². The third-order valence-electron chi connectivity index (χ3n) is 2.91. The summed E-state index contributed by atoms with van der Waals surface area (Å²) in [4.78, 5) is 20.5. The summed E-state index contributed by atoms with van der Waals surface area (Å²) in [6, 6.07) is 0. The van der Waals surface area contributed by atoms with E-state index in [-0.39, 0.29) is 0 Å². The maximum absolute atomic E-state index is 10.3. The molecule has 0 amide bonds. The summed E-state index contributed by atoms with van der Waals surface area (Å²) in [7, 11) is 0. The molecular formula is C14H25O4. The molecule has 0 aliphatic rings. The maximum atomic E-state index is 10.3. The van der Waals surface area contributed by atoms with E-state index in [9.17, 15) is 9.59 Å². The third kappa shape index (κ3) is 14.9. The first-order chi connectivity index (χ1) is 8.63. The predicted octanol–water partition coefficient (Wildman–Crippen LogP) is 3.65. The number of hydrogen-bond donors (Lipinski definition) is 2. The number of aliphatic carboxylic acids is 2. The maximum Gasteiger partial charge on any atom is 0.307 e. The van der Waals surface area contributed by atoms with Crippen LogP contribution in [0.25, 0.3) is 0 Å². The summed E-state index contributed by atoms with van der Waals surface area (Å²) in [5, 5.41) is 16.9. The van der Waals surface area contributed by atoms with Gasteiger partial charge in [-0.15, -0.1) is 0 Å². The Morgan fingerprint density at radius 3 is 1.61 bits per heavy atom. The van der Waals surface area contributed by atoms with Crippen LogP contribution in [0.1, 0.15) is 70.6 Å². The quantitative estimate of drug-likeness (QED) is 0.494. The van der Waals surface area contributed by atoms with E-state index in [0.717, 1.165) is 32.1 Å². The van der Waals surface area contributed by atoms with Crippen molar-refractivity contribution in [3.8, 4) is 0 Å². The van der Waals surface area contributed by atoms with Crippen LogP contribution in [-0.2, 0) is 9.59 Å². The number of carboxylic acids is 2. The van der Waals surface area contributed by atoms with Crippen molar-refractivity contribution in [2.45, 2.75) is 70.6 Å². The van der Waals surface area contributed by atoms with Crippen molar-refractivity contribution < 1.29 is 19.8 Å². The van der Waals surface area contributed by atoms with Crippen molar-refractivity contribution in [2.24, 2.45) is 0 Å². The topological polar surface area (TPSA) is 74.6 Å². The Hall–Kier alpha value is -1.06. The van der Waals surface area contributed by atoms with Crippen molar-refractivity contribution in [1.82, 2.24) is 0 Å². The molecule has 0 aromatic carbocycles. The van der Waals surface area contributed by atoms with Gasteiger partial charge in [0, 0.05) is 6.42 Å². The van der Waals surface area contributed by atoms with Crippen molar-refractivity contribution in [1.29, 1.82) is 0 Å². The molecule has 2 N–H and O–H groups in total. The average molecular weight is 257 g/mol. The molecule has 0 aromatic rings. The molecule has 0 saturated heterocycles. The highest BCUT2D eigenvalue weighted by Crippen LogP contribution is 2.11. The van der Waals surface area contributed by atoms with Crippen LogP contribution < -0.4 is 0 Å². The summed E-state index contributed by atoms with van der Waals surface area (Å²) in [5.41, 5.74) is 0. The second kappa shape index (κ2) is 12.4. The van der Waals surface area contributed by atoms with Gasteiger partial charge in [0.2, 0.25) is 0 Å². The zero-order valence-corrected chi connectivity index (χ0v) is 11.1. The minimum absolute atomic E-state index is 0.292. The monoisotopic (exact) mass is 257 g/mol. The summed E-state index contributed by atoms with van der Waals surface area (Å²) >= 11 is 0. The second-order valence-corrected chi connectivity index (χ2v) is 4.66. The van der Waals surface area contributed by atoms with E-state index in [1.165, 1.54) is 32.1 Å². The molecule has 0 heterocycles. The van der Waals surface area contributed by atoms with Gasteiger partial charge in [-0.3, -0.25) is 9.59 Å². The highest BCUT2D eigenvalue weighted by atomic mass is 16.4. The first-order valence-electron chi connectivity index (χ1n) is 6.91. The van der Waals surface area contributed by atoms with E-state index >= 15 is 0 Å². The summed E-state index contributed by atoms with van der Waals surface area (Å²) in [6.07, 6.45) is 12.0. The van der Waals surface area contributed by atoms with Crippen molar-refractivity contribution in [2.75, 3.05) is 0 Å². The highest BCUT2D eigenvalue weighted by Gasteiger charge is 1.98. The van der Waals surface area contributed by atoms with E-state index in [2.05, 4.69) is 0 Å². The van der Waals surface area contributed by atoms with Gasteiger partial charge in [-0.2, -0.15) is 0 Å². The molecule has 0 aliphatic carbocycles. The number of unbranched alkanes of at least 4 members (excludes halogenated alkanes) is 9. The van der Waals surface area contributed by atoms with Gasteiger partial charge in [-0.1, -0.05) is 51.4 Å². The van der Waals surface area contributed by atoms with Crippen molar-refractivity contribution in [3.63, 3.8) is 0 Å². The molecule has 0 fully saturated rings. The van der Waals surface area contributed by atoms with E-state index < -0.39 is 11.9 Å². The lowest BCUT2D eigenvalue weighted by Gasteiger charge is -2.01. The lowest BCUT2D eigenvalue weighted by atomic mass is 10.1. The molecule has 0 aliphatic heterocycles. The smallest absolute Gasteiger partial charge is 0.307 e. The molecule has 18 heavy (non-hydrogen) atoms. The molecule has 1 radical (unpaired) electrons. The van der Waals surface area contributed by atoms with Gasteiger partial charge in [-0.25, -0.2) is 0 Å². The molecule has 0 atom stereocenters. The van der Waals surface area contributed by atoms with Gasteiger partial charge in [0.1, 0.15) is 0 Å². The van der Waals surface area contributed by atoms with Gasteiger partial charge < -0.3 is 10.2 Å². The molecule has 0 unspecified atom stereocenters. The van der Waals surface area contributed by atoms with Gasteiger partial charge in [0.15, 0.2) is 0 Å². The Kier molecular flexibility index (Phi) is 11.7. The number of carboxylic acid groups (broad SMARTS) is 2. The first-order valence-corrected chi connectivity index (χ1v) is 6.91. The Morgan fingerprint density at radius 2 is 1.17 bits per heavy atom. The Balaban J connectivity index is 2.99. The number of rotatable bonds is 13.